The van der Waals surface area contributed by atoms with Crippen LogP contribution in [0.1, 0.15) is 24.1 Å². The Labute approximate surface area is 118 Å². The summed E-state index contributed by atoms with van der Waals surface area (Å²) in [6.07, 6.45) is 4.02. The molecule has 0 aliphatic heterocycles. The van der Waals surface area contributed by atoms with Crippen LogP contribution in [-0.2, 0) is 18.3 Å². The second kappa shape index (κ2) is 6.23. The normalized spacial score (nSPS) is 11.9. The van der Waals surface area contributed by atoms with Crippen LogP contribution in [0.25, 0.3) is 0 Å². The molecule has 2 rings (SSSR count). The molecule has 0 bridgehead atoms. The molecular weight excluding hydrogens is 254 g/mol. The third kappa shape index (κ3) is 3.60. The minimum atomic E-state index is -0.0468. The molecule has 1 heterocycles. The van der Waals surface area contributed by atoms with Gasteiger partial charge in [-0.2, -0.15) is 5.10 Å². The number of ether oxygens (including phenoxy) is 1. The van der Waals surface area contributed by atoms with Crippen LogP contribution in [0.5, 0.6) is 5.75 Å². The average Bonchev–Trinajstić information content (AvgIpc) is 2.86. The van der Waals surface area contributed by atoms with Crippen molar-refractivity contribution in [2.45, 2.75) is 19.4 Å². The van der Waals surface area contributed by atoms with E-state index in [-0.39, 0.29) is 11.9 Å². The predicted molar refractivity (Wildman–Crippen MR) is 76.5 cm³/mol. The van der Waals surface area contributed by atoms with Crippen LogP contribution in [0.4, 0.5) is 0 Å². The van der Waals surface area contributed by atoms with Crippen molar-refractivity contribution in [1.29, 1.82) is 0 Å². The number of benzene rings is 1. The van der Waals surface area contributed by atoms with Crippen molar-refractivity contribution in [3.8, 4) is 5.75 Å². The van der Waals surface area contributed by atoms with E-state index in [1.807, 2.05) is 44.4 Å². The first-order chi connectivity index (χ1) is 9.58. The molecular formula is C15H19N3O2. The number of carbonyl (C=O) groups excluding carboxylic acids is 1. The number of aryl methyl sites for hydroxylation is 1. The Bertz CT molecular complexity index is 575. The number of amides is 1. The van der Waals surface area contributed by atoms with E-state index in [1.54, 1.807) is 18.0 Å². The fourth-order valence-corrected chi connectivity index (χ4v) is 1.97. The Morgan fingerprint density at radius 2 is 2.10 bits per heavy atom. The fraction of sp³-hybridized carbons (Fsp3) is 0.333. The highest BCUT2D eigenvalue weighted by Gasteiger charge is 2.11. The number of aromatic nitrogens is 2. The van der Waals surface area contributed by atoms with Crippen molar-refractivity contribution >= 4 is 5.91 Å². The van der Waals surface area contributed by atoms with Crippen LogP contribution in [0, 0.1) is 0 Å². The van der Waals surface area contributed by atoms with Crippen LogP contribution in [0.15, 0.2) is 36.7 Å². The lowest BCUT2D eigenvalue weighted by Gasteiger charge is -2.12. The molecule has 1 aromatic heterocycles. The molecule has 0 fully saturated rings. The third-order valence-corrected chi connectivity index (χ3v) is 3.13. The molecule has 0 saturated carbocycles. The number of hydrogen-bond acceptors (Lipinski definition) is 3. The maximum atomic E-state index is 12.0. The van der Waals surface area contributed by atoms with Gasteiger partial charge >= 0.3 is 0 Å². The number of rotatable bonds is 5. The van der Waals surface area contributed by atoms with Crippen LogP contribution in [0.3, 0.4) is 0 Å². The molecule has 0 radical (unpaired) electrons. The zero-order valence-electron chi connectivity index (χ0n) is 12.0. The maximum Gasteiger partial charge on any atom is 0.224 e. The minimum absolute atomic E-state index is 0.00785. The standard InChI is InChI=1S/C15H19N3O2/c1-11(13-9-16-18(2)10-13)17-15(19)8-12-4-6-14(20-3)7-5-12/h4-7,9-11H,8H2,1-3H3,(H,17,19). The Balaban J connectivity index is 1.91. The van der Waals surface area contributed by atoms with Gasteiger partial charge in [0.25, 0.3) is 0 Å². The molecule has 0 aliphatic carbocycles. The Hall–Kier alpha value is -2.30. The van der Waals surface area contributed by atoms with E-state index in [1.165, 1.54) is 0 Å². The molecule has 106 valence electrons. The molecule has 1 atom stereocenters. The highest BCUT2D eigenvalue weighted by Crippen LogP contribution is 2.13. The van der Waals surface area contributed by atoms with Gasteiger partial charge in [0.15, 0.2) is 0 Å². The molecule has 1 N–H and O–H groups in total. The summed E-state index contributed by atoms with van der Waals surface area (Å²) in [5, 5.41) is 7.06. The van der Waals surface area contributed by atoms with Crippen molar-refractivity contribution < 1.29 is 9.53 Å². The highest BCUT2D eigenvalue weighted by atomic mass is 16.5. The van der Waals surface area contributed by atoms with Crippen LogP contribution in [-0.4, -0.2) is 22.8 Å². The number of nitrogens with zero attached hydrogens (tertiary/aromatic N) is 2. The summed E-state index contributed by atoms with van der Waals surface area (Å²) in [6, 6.07) is 7.45. The van der Waals surface area contributed by atoms with Crippen LogP contribution in [0.2, 0.25) is 0 Å². The lowest BCUT2D eigenvalue weighted by molar-refractivity contribution is -0.121. The molecule has 0 saturated heterocycles. The van der Waals surface area contributed by atoms with Gasteiger partial charge in [-0.25, -0.2) is 0 Å². The van der Waals surface area contributed by atoms with Gasteiger partial charge in [0.1, 0.15) is 5.75 Å². The largest absolute Gasteiger partial charge is 0.497 e. The SMILES string of the molecule is COc1ccc(CC(=O)NC(C)c2cnn(C)c2)cc1. The van der Waals surface area contributed by atoms with Gasteiger partial charge in [-0.05, 0) is 24.6 Å². The summed E-state index contributed by atoms with van der Waals surface area (Å²) in [5.41, 5.74) is 1.96. The van der Waals surface area contributed by atoms with E-state index in [9.17, 15) is 4.79 Å². The fourth-order valence-electron chi connectivity index (χ4n) is 1.97. The summed E-state index contributed by atoms with van der Waals surface area (Å²) in [4.78, 5) is 12.0. The minimum Gasteiger partial charge on any atom is -0.497 e. The summed E-state index contributed by atoms with van der Waals surface area (Å²) in [7, 11) is 3.48. The molecule has 1 amide bonds. The van der Waals surface area contributed by atoms with Gasteiger partial charge < -0.3 is 10.1 Å². The van der Waals surface area contributed by atoms with Gasteiger partial charge in [-0.15, -0.1) is 0 Å². The summed E-state index contributed by atoms with van der Waals surface area (Å²) >= 11 is 0. The predicted octanol–water partition coefficient (Wildman–Crippen LogP) is 1.85. The smallest absolute Gasteiger partial charge is 0.224 e. The summed E-state index contributed by atoms with van der Waals surface area (Å²) < 4.78 is 6.81. The quantitative estimate of drug-likeness (QED) is 0.904. The first kappa shape index (κ1) is 14.1. The van der Waals surface area contributed by atoms with Crippen molar-refractivity contribution in [3.05, 3.63) is 47.8 Å². The zero-order valence-corrected chi connectivity index (χ0v) is 12.0. The van der Waals surface area contributed by atoms with Crippen molar-refractivity contribution in [1.82, 2.24) is 15.1 Å². The molecule has 2 aromatic rings. The first-order valence-corrected chi connectivity index (χ1v) is 6.49. The first-order valence-electron chi connectivity index (χ1n) is 6.49. The van der Waals surface area contributed by atoms with Crippen molar-refractivity contribution in [2.75, 3.05) is 7.11 Å². The molecule has 20 heavy (non-hydrogen) atoms. The molecule has 0 aliphatic rings. The van der Waals surface area contributed by atoms with Gasteiger partial charge in [0.05, 0.1) is 25.8 Å². The second-order valence-corrected chi connectivity index (χ2v) is 4.76. The second-order valence-electron chi connectivity index (χ2n) is 4.76. The van der Waals surface area contributed by atoms with E-state index >= 15 is 0 Å². The molecule has 5 nitrogen and oxygen atoms in total. The zero-order chi connectivity index (χ0) is 14.5. The van der Waals surface area contributed by atoms with Gasteiger partial charge in [0.2, 0.25) is 5.91 Å². The lowest BCUT2D eigenvalue weighted by atomic mass is 10.1. The molecule has 1 aromatic carbocycles. The van der Waals surface area contributed by atoms with Gasteiger partial charge in [0, 0.05) is 18.8 Å². The number of carbonyl (C=O) groups is 1. The molecule has 0 spiro atoms. The van der Waals surface area contributed by atoms with Crippen LogP contribution >= 0.6 is 0 Å². The monoisotopic (exact) mass is 273 g/mol. The van der Waals surface area contributed by atoms with Crippen LogP contribution < -0.4 is 10.1 Å². The maximum absolute atomic E-state index is 12.0. The van der Waals surface area contributed by atoms with E-state index in [2.05, 4.69) is 10.4 Å². The lowest BCUT2D eigenvalue weighted by Crippen LogP contribution is -2.27. The molecule has 5 heteroatoms. The Kier molecular flexibility index (Phi) is 4.40. The molecule has 1 unspecified atom stereocenters. The summed E-state index contributed by atoms with van der Waals surface area (Å²) in [5.74, 6) is 0.782. The topological polar surface area (TPSA) is 56.1 Å². The van der Waals surface area contributed by atoms with E-state index in [0.29, 0.717) is 6.42 Å². The highest BCUT2D eigenvalue weighted by molar-refractivity contribution is 5.79. The third-order valence-electron chi connectivity index (χ3n) is 3.13. The summed E-state index contributed by atoms with van der Waals surface area (Å²) in [6.45, 7) is 1.95. The average molecular weight is 273 g/mol. The number of nitrogens with one attached hydrogen (secondary N) is 1. The van der Waals surface area contributed by atoms with Crippen molar-refractivity contribution in [2.24, 2.45) is 7.05 Å². The van der Waals surface area contributed by atoms with Crippen molar-refractivity contribution in [3.63, 3.8) is 0 Å². The Morgan fingerprint density at radius 1 is 1.40 bits per heavy atom. The van der Waals surface area contributed by atoms with Gasteiger partial charge in [-0.3, -0.25) is 9.48 Å². The number of methoxy groups -OCH3 is 1. The Morgan fingerprint density at radius 3 is 2.65 bits per heavy atom. The number of hydrogen-bond donors (Lipinski definition) is 1. The van der Waals surface area contributed by atoms with E-state index in [4.69, 9.17) is 4.74 Å². The van der Waals surface area contributed by atoms with E-state index < -0.39 is 0 Å². The van der Waals surface area contributed by atoms with Gasteiger partial charge in [-0.1, -0.05) is 12.1 Å². The van der Waals surface area contributed by atoms with E-state index in [0.717, 1.165) is 16.9 Å².